The topological polar surface area (TPSA) is 41.1 Å². The van der Waals surface area contributed by atoms with Crippen molar-refractivity contribution in [1.29, 1.82) is 0 Å². The fraction of sp³-hybridized carbons (Fsp3) is 0.857. The molecule has 0 aromatic carbocycles. The largest absolute Gasteiger partial charge is 0.355 e. The minimum Gasteiger partial charge on any atom is -0.355 e. The molecule has 2 N–H and O–H groups in total. The number of hydrogen-bond donors (Lipinski definition) is 2. The Labute approximate surface area is 61.2 Å². The molecule has 0 saturated carbocycles. The lowest BCUT2D eigenvalue weighted by Gasteiger charge is -2.09. The van der Waals surface area contributed by atoms with Crippen molar-refractivity contribution in [2.75, 3.05) is 13.1 Å². The van der Waals surface area contributed by atoms with Crippen LogP contribution in [0.25, 0.3) is 0 Å². The van der Waals surface area contributed by atoms with Crippen molar-refractivity contribution >= 4 is 5.91 Å². The maximum atomic E-state index is 10.9. The fourth-order valence-electron chi connectivity index (χ4n) is 1.14. The third-order valence-electron chi connectivity index (χ3n) is 1.80. The molecule has 1 saturated heterocycles. The van der Waals surface area contributed by atoms with Gasteiger partial charge in [0.2, 0.25) is 5.91 Å². The maximum Gasteiger partial charge on any atom is 0.221 e. The summed E-state index contributed by atoms with van der Waals surface area (Å²) in [5.41, 5.74) is 0. The molecular weight excluding hydrogens is 128 g/mol. The molecule has 0 aliphatic carbocycles. The van der Waals surface area contributed by atoms with Gasteiger partial charge in [-0.25, -0.2) is 0 Å². The normalized spacial score (nSPS) is 27.3. The summed E-state index contributed by atoms with van der Waals surface area (Å²) in [6, 6.07) is 0.391. The Morgan fingerprint density at radius 3 is 3.10 bits per heavy atom. The van der Waals surface area contributed by atoms with Gasteiger partial charge in [-0.1, -0.05) is 6.92 Å². The first-order valence-corrected chi connectivity index (χ1v) is 3.83. The van der Waals surface area contributed by atoms with E-state index in [9.17, 15) is 4.79 Å². The highest BCUT2D eigenvalue weighted by molar-refractivity contribution is 5.76. The van der Waals surface area contributed by atoms with Gasteiger partial charge in [-0.2, -0.15) is 0 Å². The molecule has 0 spiro atoms. The van der Waals surface area contributed by atoms with Crippen LogP contribution >= 0.6 is 0 Å². The van der Waals surface area contributed by atoms with Crippen LogP contribution in [0.1, 0.15) is 19.8 Å². The molecule has 10 heavy (non-hydrogen) atoms. The molecule has 1 atom stereocenters. The van der Waals surface area contributed by atoms with Crippen LogP contribution in [0.15, 0.2) is 0 Å². The molecule has 1 unspecified atom stereocenters. The van der Waals surface area contributed by atoms with Gasteiger partial charge in [0.05, 0.1) is 0 Å². The van der Waals surface area contributed by atoms with Crippen LogP contribution in [0.5, 0.6) is 0 Å². The van der Waals surface area contributed by atoms with Crippen LogP contribution in [0.2, 0.25) is 0 Å². The molecule has 0 radical (unpaired) electrons. The van der Waals surface area contributed by atoms with E-state index in [1.165, 1.54) is 0 Å². The average molecular weight is 142 g/mol. The highest BCUT2D eigenvalue weighted by Crippen LogP contribution is 1.98. The summed E-state index contributed by atoms with van der Waals surface area (Å²) in [4.78, 5) is 10.9. The smallest absolute Gasteiger partial charge is 0.221 e. The molecule has 1 aliphatic heterocycles. The van der Waals surface area contributed by atoms with Crippen LogP contribution in [0, 0.1) is 0 Å². The van der Waals surface area contributed by atoms with Gasteiger partial charge in [0, 0.05) is 25.6 Å². The molecule has 3 heteroatoms. The minimum atomic E-state index is 0.178. The molecule has 3 nitrogen and oxygen atoms in total. The van der Waals surface area contributed by atoms with Gasteiger partial charge in [-0.3, -0.25) is 4.79 Å². The van der Waals surface area contributed by atoms with E-state index in [1.807, 2.05) is 0 Å². The van der Waals surface area contributed by atoms with Crippen LogP contribution in [-0.4, -0.2) is 25.0 Å². The monoisotopic (exact) mass is 142 g/mol. The Morgan fingerprint density at radius 2 is 2.40 bits per heavy atom. The first kappa shape index (κ1) is 7.54. The number of carbonyl (C=O) groups excluding carboxylic acids is 1. The lowest BCUT2D eigenvalue weighted by Crippen LogP contribution is -2.29. The summed E-state index contributed by atoms with van der Waals surface area (Å²) in [5.74, 6) is 0.178. The van der Waals surface area contributed by atoms with Crippen molar-refractivity contribution in [1.82, 2.24) is 10.6 Å². The van der Waals surface area contributed by atoms with Crippen molar-refractivity contribution in [2.45, 2.75) is 25.8 Å². The number of nitrogens with one attached hydrogen (secondary N) is 2. The lowest BCUT2D eigenvalue weighted by atomic mass is 10.1. The number of carbonyl (C=O) groups is 1. The third-order valence-corrected chi connectivity index (χ3v) is 1.80. The number of rotatable bonds is 1. The van der Waals surface area contributed by atoms with Gasteiger partial charge in [0.15, 0.2) is 0 Å². The Hall–Kier alpha value is -0.570. The van der Waals surface area contributed by atoms with Crippen LogP contribution in [-0.2, 0) is 4.79 Å². The van der Waals surface area contributed by atoms with E-state index in [1.54, 1.807) is 0 Å². The summed E-state index contributed by atoms with van der Waals surface area (Å²) in [7, 11) is 0. The molecule has 1 heterocycles. The molecule has 1 fully saturated rings. The zero-order valence-corrected chi connectivity index (χ0v) is 6.31. The Morgan fingerprint density at radius 1 is 1.60 bits per heavy atom. The summed E-state index contributed by atoms with van der Waals surface area (Å²) in [6.07, 6.45) is 1.67. The van der Waals surface area contributed by atoms with E-state index in [0.717, 1.165) is 19.5 Å². The van der Waals surface area contributed by atoms with Crippen molar-refractivity contribution in [3.8, 4) is 0 Å². The summed E-state index contributed by atoms with van der Waals surface area (Å²) < 4.78 is 0. The van der Waals surface area contributed by atoms with E-state index >= 15 is 0 Å². The minimum absolute atomic E-state index is 0.178. The SMILES string of the molecule is CCC1CC(=O)NCCN1. The van der Waals surface area contributed by atoms with E-state index in [4.69, 9.17) is 0 Å². The van der Waals surface area contributed by atoms with Crippen LogP contribution in [0.4, 0.5) is 0 Å². The Kier molecular flexibility index (Phi) is 2.68. The van der Waals surface area contributed by atoms with Gasteiger partial charge in [0.25, 0.3) is 0 Å². The van der Waals surface area contributed by atoms with Crippen molar-refractivity contribution in [3.05, 3.63) is 0 Å². The van der Waals surface area contributed by atoms with E-state index in [0.29, 0.717) is 12.5 Å². The highest BCUT2D eigenvalue weighted by atomic mass is 16.1. The van der Waals surface area contributed by atoms with Crippen molar-refractivity contribution in [2.24, 2.45) is 0 Å². The second kappa shape index (κ2) is 3.56. The quantitative estimate of drug-likeness (QED) is 0.535. The first-order chi connectivity index (χ1) is 4.83. The highest BCUT2D eigenvalue weighted by Gasteiger charge is 2.13. The molecule has 1 aliphatic rings. The van der Waals surface area contributed by atoms with Crippen molar-refractivity contribution in [3.63, 3.8) is 0 Å². The summed E-state index contributed by atoms with van der Waals surface area (Å²) in [6.45, 7) is 3.77. The molecular formula is C7H14N2O. The van der Waals surface area contributed by atoms with Crippen LogP contribution in [0.3, 0.4) is 0 Å². The number of hydrogen-bond acceptors (Lipinski definition) is 2. The van der Waals surface area contributed by atoms with Gasteiger partial charge in [-0.05, 0) is 6.42 Å². The average Bonchev–Trinajstić information content (AvgIpc) is 2.13. The van der Waals surface area contributed by atoms with Gasteiger partial charge in [-0.15, -0.1) is 0 Å². The second-order valence-electron chi connectivity index (χ2n) is 2.61. The zero-order chi connectivity index (χ0) is 7.40. The molecule has 0 bridgehead atoms. The molecule has 0 aromatic heterocycles. The molecule has 0 aromatic rings. The van der Waals surface area contributed by atoms with Gasteiger partial charge >= 0.3 is 0 Å². The van der Waals surface area contributed by atoms with E-state index < -0.39 is 0 Å². The van der Waals surface area contributed by atoms with Gasteiger partial charge in [0.1, 0.15) is 0 Å². The third kappa shape index (κ3) is 1.99. The Balaban J connectivity index is 2.38. The molecule has 1 amide bonds. The standard InChI is InChI=1S/C7H14N2O/c1-2-6-5-7(10)9-4-3-8-6/h6,8H,2-5H2,1H3,(H,9,10). The van der Waals surface area contributed by atoms with E-state index in [-0.39, 0.29) is 5.91 Å². The lowest BCUT2D eigenvalue weighted by molar-refractivity contribution is -0.121. The zero-order valence-electron chi connectivity index (χ0n) is 6.31. The summed E-state index contributed by atoms with van der Waals surface area (Å²) in [5, 5.41) is 6.09. The van der Waals surface area contributed by atoms with Crippen molar-refractivity contribution < 1.29 is 4.79 Å². The van der Waals surface area contributed by atoms with Crippen LogP contribution < -0.4 is 10.6 Å². The Bertz CT molecular complexity index is 125. The molecule has 1 rings (SSSR count). The van der Waals surface area contributed by atoms with Gasteiger partial charge < -0.3 is 10.6 Å². The fourth-order valence-corrected chi connectivity index (χ4v) is 1.14. The second-order valence-corrected chi connectivity index (χ2v) is 2.61. The first-order valence-electron chi connectivity index (χ1n) is 3.83. The molecule has 58 valence electrons. The predicted octanol–water partition coefficient (Wildman–Crippen LogP) is -0.126. The predicted molar refractivity (Wildman–Crippen MR) is 39.7 cm³/mol. The number of amides is 1. The van der Waals surface area contributed by atoms with E-state index in [2.05, 4.69) is 17.6 Å². The summed E-state index contributed by atoms with van der Waals surface area (Å²) >= 11 is 0. The maximum absolute atomic E-state index is 10.9.